The number of rotatable bonds is 9. The van der Waals surface area contributed by atoms with Crippen LogP contribution in [0.3, 0.4) is 0 Å². The van der Waals surface area contributed by atoms with Crippen LogP contribution in [0.1, 0.15) is 61.3 Å². The van der Waals surface area contributed by atoms with E-state index in [0.717, 1.165) is 61.6 Å². The van der Waals surface area contributed by atoms with Gasteiger partial charge in [0.05, 0.1) is 28.0 Å². The van der Waals surface area contributed by atoms with E-state index in [1.165, 1.54) is 50.9 Å². The lowest BCUT2D eigenvalue weighted by Crippen LogP contribution is -2.17. The molecule has 0 aliphatic carbocycles. The average molecular weight is 1060 g/mol. The predicted molar refractivity (Wildman–Crippen MR) is 256 cm³/mol. The molecule has 68 heavy (non-hydrogen) atoms. The first-order valence-electron chi connectivity index (χ1n) is 18.9. The lowest BCUT2D eigenvalue weighted by Gasteiger charge is -2.18. The number of nitrogens with two attached hydrogens (primary N) is 1. The molecule has 2 aliphatic heterocycles. The Morgan fingerprint density at radius 1 is 0.632 bits per heavy atom. The second-order valence-electron chi connectivity index (χ2n) is 13.7. The highest BCUT2D eigenvalue weighted by Crippen LogP contribution is 2.33. The highest BCUT2D eigenvalue weighted by molar-refractivity contribution is 8.13. The zero-order chi connectivity index (χ0) is 49.4. The van der Waals surface area contributed by atoms with Crippen LogP contribution in [-0.2, 0) is 28.4 Å². The number of ether oxygens (including phenoxy) is 1. The number of carbonyl (C=O) groups excluding carboxylic acids is 2. The Morgan fingerprint density at radius 2 is 1.06 bits per heavy atom. The fourth-order valence-electron chi connectivity index (χ4n) is 5.90. The van der Waals surface area contributed by atoms with Gasteiger partial charge >= 0.3 is 9.33 Å². The van der Waals surface area contributed by atoms with Gasteiger partial charge < -0.3 is 35.6 Å². The third kappa shape index (κ3) is 19.0. The number of hydrogen-bond acceptors (Lipinski definition) is 15. The minimum atomic E-state index is -4.19. The van der Waals surface area contributed by atoms with Crippen LogP contribution in [0.5, 0.6) is 23.0 Å². The molecule has 0 atom stereocenters. The molecule has 0 amide bonds. The van der Waals surface area contributed by atoms with Crippen LogP contribution in [0, 0.1) is 17.5 Å². The lowest BCUT2D eigenvalue weighted by atomic mass is 10.2. The number of anilines is 4. The van der Waals surface area contributed by atoms with Gasteiger partial charge in [-0.05, 0) is 105 Å². The van der Waals surface area contributed by atoms with E-state index in [1.807, 2.05) is 24.3 Å². The number of para-hydroxylation sites is 1. The number of sulfonamides is 1. The van der Waals surface area contributed by atoms with Gasteiger partial charge in [0.2, 0.25) is 0 Å². The van der Waals surface area contributed by atoms with E-state index >= 15 is 0 Å². The summed E-state index contributed by atoms with van der Waals surface area (Å²) in [6.45, 7) is 4.39. The Bertz CT molecular complexity index is 2780. The number of hydrogen-bond donors (Lipinski definition) is 6. The van der Waals surface area contributed by atoms with Gasteiger partial charge in [-0.25, -0.2) is 30.0 Å². The molecule has 7 rings (SSSR count). The van der Waals surface area contributed by atoms with E-state index < -0.39 is 73.6 Å². The molecule has 5 aromatic carbocycles. The van der Waals surface area contributed by atoms with Gasteiger partial charge in [0, 0.05) is 76.4 Å². The highest BCUT2D eigenvalue weighted by atomic mass is 35.7. The Kier molecular flexibility index (Phi) is 23.9. The summed E-state index contributed by atoms with van der Waals surface area (Å²) in [7, 11) is -2.12. The van der Waals surface area contributed by atoms with Crippen molar-refractivity contribution in [1.82, 2.24) is 0 Å². The zero-order valence-corrected chi connectivity index (χ0v) is 38.5. The second-order valence-corrected chi connectivity index (χ2v) is 19.9. The molecule has 0 unspecified atom stereocenters. The van der Waals surface area contributed by atoms with Crippen molar-refractivity contribution in [2.24, 2.45) is 0 Å². The summed E-state index contributed by atoms with van der Waals surface area (Å²) < 4.78 is 118. The molecule has 5 aromatic rings. The highest BCUT2D eigenvalue weighted by Gasteiger charge is 2.21. The first-order valence-corrected chi connectivity index (χ1v) is 25.0. The largest absolute Gasteiger partial charge is 0.504 e. The van der Waals surface area contributed by atoms with Crippen molar-refractivity contribution in [3.8, 4) is 23.0 Å². The van der Waals surface area contributed by atoms with Crippen LogP contribution in [0.4, 0.5) is 35.9 Å². The average Bonchev–Trinajstić information content (AvgIpc) is 4.00. The standard InChI is InChI=1S/C17H19FN2O4S.C10H14N2.C7H4ClFO4S.C7H5FO2.2CH4.ClHO3S/c1-24-16-11-14(10-15(18)17(16)21)25(22,23)19-12-4-6-13(7-5-12)20-8-2-3-9-20;11-9-3-5-10(6-4-9)12-7-1-2-8-12;8-14(12,13)5-1-4(3-10)7(11)6(9)2-5;8-6-3-1-2-5(4-9)7(6)10;;;1-5(2,3)4/h4-7,10-11,19,21H,2-3,8-9H2,1H3;3-6H,1-2,7-8,11H2;1-3,11H;1-4,10H;2*1H4;(H,2,3,4). The van der Waals surface area contributed by atoms with Gasteiger partial charge in [0.1, 0.15) is 0 Å². The van der Waals surface area contributed by atoms with E-state index in [9.17, 15) is 44.7 Å². The topological polar surface area (TPSA) is 271 Å². The van der Waals surface area contributed by atoms with E-state index in [2.05, 4.69) is 37.3 Å². The van der Waals surface area contributed by atoms with Crippen molar-refractivity contribution in [2.45, 2.75) is 50.3 Å². The lowest BCUT2D eigenvalue weighted by molar-refractivity contribution is 0.111. The summed E-state index contributed by atoms with van der Waals surface area (Å²) in [5.41, 5.74) is 8.67. The number of nitrogen functional groups attached to an aromatic ring is 1. The van der Waals surface area contributed by atoms with Crippen molar-refractivity contribution in [1.29, 1.82) is 0 Å². The molecule has 374 valence electrons. The van der Waals surface area contributed by atoms with Gasteiger partial charge in [-0.1, -0.05) is 20.9 Å². The molecule has 17 nitrogen and oxygen atoms in total. The molecule has 0 spiro atoms. The third-order valence-corrected chi connectivity index (χ3v) is 11.8. The summed E-state index contributed by atoms with van der Waals surface area (Å²) in [5, 5.41) is 27.2. The fourth-order valence-corrected chi connectivity index (χ4v) is 7.77. The zero-order valence-electron chi connectivity index (χ0n) is 34.5. The molecule has 7 N–H and O–H groups in total. The predicted octanol–water partition coefficient (Wildman–Crippen LogP) is 8.73. The SMILES string of the molecule is C.C.COc1cc(S(=O)(=O)Nc2ccc(N3CCCC3)cc2)cc(F)c1O.Nc1ccc(N2CCCC2)cc1.O=Cc1cc(S(=O)(=O)Cl)cc(F)c1O.O=Cc1cccc(F)c1O.O=S(=O)(O)Cl. The number of benzene rings is 5. The summed E-state index contributed by atoms with van der Waals surface area (Å²) in [6, 6.07) is 22.1. The maximum absolute atomic E-state index is 13.7. The summed E-state index contributed by atoms with van der Waals surface area (Å²) >= 11 is 0. The minimum absolute atomic E-state index is 0. The van der Waals surface area contributed by atoms with Crippen LogP contribution in [0.15, 0.2) is 101 Å². The number of nitrogens with zero attached hydrogens (tertiary/aromatic N) is 2. The normalized spacial score (nSPS) is 12.9. The molecule has 2 aliphatic rings. The Hall–Kier alpha value is -5.98. The number of nitrogens with one attached hydrogen (secondary N) is 1. The molecule has 2 heterocycles. The van der Waals surface area contributed by atoms with E-state index in [0.29, 0.717) is 18.0 Å². The summed E-state index contributed by atoms with van der Waals surface area (Å²) in [4.78, 5) is 24.1. The molecule has 2 fully saturated rings. The van der Waals surface area contributed by atoms with Crippen LogP contribution in [0.25, 0.3) is 0 Å². The summed E-state index contributed by atoms with van der Waals surface area (Å²) in [5.74, 6) is -5.51. The number of carbonyl (C=O) groups is 2. The molecule has 0 bridgehead atoms. The first-order chi connectivity index (χ1) is 30.9. The number of aldehydes is 2. The third-order valence-electron chi connectivity index (χ3n) is 9.11. The quantitative estimate of drug-likeness (QED) is 0.0348. The first kappa shape index (κ1) is 60.0. The minimum Gasteiger partial charge on any atom is -0.504 e. The smallest absolute Gasteiger partial charge is 0.353 e. The Morgan fingerprint density at radius 3 is 1.49 bits per heavy atom. The second kappa shape index (κ2) is 27.1. The van der Waals surface area contributed by atoms with Crippen molar-refractivity contribution in [3.63, 3.8) is 0 Å². The number of phenolic OH excluding ortho intramolecular Hbond substituents is 3. The Labute approximate surface area is 402 Å². The monoisotopic (exact) mass is 1050 g/mol. The fraction of sp³-hybridized carbons (Fsp3) is 0.256. The maximum atomic E-state index is 13.7. The Balaban J connectivity index is 0.000000461. The molecular formula is C43H51Cl2F3N4O13S3. The van der Waals surface area contributed by atoms with Gasteiger partial charge in [-0.3, -0.25) is 18.9 Å². The van der Waals surface area contributed by atoms with Gasteiger partial charge in [0.15, 0.2) is 53.0 Å². The van der Waals surface area contributed by atoms with Crippen LogP contribution in [-0.4, -0.2) is 91.0 Å². The van der Waals surface area contributed by atoms with E-state index in [4.69, 9.17) is 44.3 Å². The van der Waals surface area contributed by atoms with Crippen LogP contribution >= 0.6 is 21.4 Å². The van der Waals surface area contributed by atoms with Crippen LogP contribution in [0.2, 0.25) is 0 Å². The molecule has 0 radical (unpaired) electrons. The molecular weight excluding hydrogens is 1000 g/mol. The van der Waals surface area contributed by atoms with Gasteiger partial charge in [0.25, 0.3) is 19.1 Å². The molecule has 0 aromatic heterocycles. The van der Waals surface area contributed by atoms with Gasteiger partial charge in [-0.15, -0.1) is 0 Å². The summed E-state index contributed by atoms with van der Waals surface area (Å²) in [6.07, 6.45) is 5.49. The number of aromatic hydroxyl groups is 3. The molecule has 2 saturated heterocycles. The van der Waals surface area contributed by atoms with Crippen molar-refractivity contribution in [2.75, 3.05) is 53.5 Å². The van der Waals surface area contributed by atoms with E-state index in [-0.39, 0.29) is 37.3 Å². The number of halogens is 5. The molecule has 25 heteroatoms. The van der Waals surface area contributed by atoms with Crippen LogP contribution < -0.4 is 25.0 Å². The van der Waals surface area contributed by atoms with E-state index in [1.54, 1.807) is 12.1 Å². The number of phenols is 3. The molecule has 0 saturated carbocycles. The van der Waals surface area contributed by atoms with Crippen molar-refractivity contribution < 1.29 is 72.6 Å². The number of methoxy groups -OCH3 is 1. The maximum Gasteiger partial charge on any atom is 0.353 e. The van der Waals surface area contributed by atoms with Crippen molar-refractivity contribution >= 4 is 85.1 Å². The van der Waals surface area contributed by atoms with Crippen molar-refractivity contribution in [3.05, 3.63) is 120 Å². The van der Waals surface area contributed by atoms with Gasteiger partial charge in [-0.2, -0.15) is 8.42 Å².